The van der Waals surface area contributed by atoms with Crippen molar-refractivity contribution in [3.63, 3.8) is 0 Å². The lowest BCUT2D eigenvalue weighted by atomic mass is 9.56. The minimum Gasteiger partial charge on any atom is -0.392 e. The molecule has 2 nitrogen and oxygen atoms in total. The van der Waals surface area contributed by atoms with Crippen molar-refractivity contribution >= 4 is 0 Å². The van der Waals surface area contributed by atoms with Gasteiger partial charge in [0.25, 0.3) is 0 Å². The standard InChI is InChI=1S/C11H20O2/c1-2-13-10-8-9(12)11(10)6-4-3-5-7-11/h9-10,12H,2-8H2,1H3/t9-,10-/m1/s1. The quantitative estimate of drug-likeness (QED) is 0.712. The predicted octanol–water partition coefficient (Wildman–Crippen LogP) is 2.11. The Kier molecular flexibility index (Phi) is 2.61. The van der Waals surface area contributed by atoms with Crippen molar-refractivity contribution in [1.29, 1.82) is 0 Å². The molecule has 0 unspecified atom stereocenters. The van der Waals surface area contributed by atoms with Gasteiger partial charge >= 0.3 is 0 Å². The average molecular weight is 184 g/mol. The van der Waals surface area contributed by atoms with Gasteiger partial charge in [-0.15, -0.1) is 0 Å². The van der Waals surface area contributed by atoms with Crippen LogP contribution in [0.3, 0.4) is 0 Å². The SMILES string of the molecule is CCO[C@@H]1C[C@@H](O)C12CCCCC2. The summed E-state index contributed by atoms with van der Waals surface area (Å²) in [7, 11) is 0. The molecule has 0 bridgehead atoms. The highest BCUT2D eigenvalue weighted by atomic mass is 16.5. The van der Waals surface area contributed by atoms with Crippen molar-refractivity contribution in [2.45, 2.75) is 57.7 Å². The van der Waals surface area contributed by atoms with Gasteiger partial charge in [-0.05, 0) is 19.8 Å². The topological polar surface area (TPSA) is 29.5 Å². The molecule has 1 N–H and O–H groups in total. The monoisotopic (exact) mass is 184 g/mol. The first-order valence-corrected chi connectivity index (χ1v) is 5.59. The number of rotatable bonds is 2. The molecule has 0 radical (unpaired) electrons. The van der Waals surface area contributed by atoms with Crippen molar-refractivity contribution in [1.82, 2.24) is 0 Å². The van der Waals surface area contributed by atoms with E-state index in [1.165, 1.54) is 32.1 Å². The van der Waals surface area contributed by atoms with Crippen LogP contribution in [-0.2, 0) is 4.74 Å². The van der Waals surface area contributed by atoms with Crippen LogP contribution in [0.2, 0.25) is 0 Å². The first kappa shape index (κ1) is 9.47. The molecule has 0 heterocycles. The lowest BCUT2D eigenvalue weighted by Gasteiger charge is -2.55. The van der Waals surface area contributed by atoms with E-state index in [0.717, 1.165) is 13.0 Å². The van der Waals surface area contributed by atoms with Gasteiger partial charge in [0.1, 0.15) is 0 Å². The van der Waals surface area contributed by atoms with Crippen LogP contribution < -0.4 is 0 Å². The zero-order valence-corrected chi connectivity index (χ0v) is 8.46. The Morgan fingerprint density at radius 3 is 2.54 bits per heavy atom. The van der Waals surface area contributed by atoms with Crippen molar-refractivity contribution in [3.05, 3.63) is 0 Å². The minimum atomic E-state index is -0.0793. The second-order valence-electron chi connectivity index (χ2n) is 4.49. The molecule has 2 saturated carbocycles. The molecule has 1 spiro atoms. The van der Waals surface area contributed by atoms with E-state index in [0.29, 0.717) is 6.10 Å². The predicted molar refractivity (Wildman–Crippen MR) is 51.6 cm³/mol. The van der Waals surface area contributed by atoms with Gasteiger partial charge < -0.3 is 9.84 Å². The third-order valence-corrected chi connectivity index (χ3v) is 3.89. The third kappa shape index (κ3) is 1.40. The van der Waals surface area contributed by atoms with Gasteiger partial charge in [0, 0.05) is 18.4 Å². The van der Waals surface area contributed by atoms with Gasteiger partial charge in [0.2, 0.25) is 0 Å². The second-order valence-corrected chi connectivity index (χ2v) is 4.49. The minimum absolute atomic E-state index is 0.0793. The molecule has 0 aromatic heterocycles. The van der Waals surface area contributed by atoms with Crippen molar-refractivity contribution in [2.75, 3.05) is 6.61 Å². The van der Waals surface area contributed by atoms with Crippen LogP contribution in [0.4, 0.5) is 0 Å². The maximum absolute atomic E-state index is 9.84. The molecule has 0 aromatic carbocycles. The molecule has 2 rings (SSSR count). The van der Waals surface area contributed by atoms with E-state index in [2.05, 4.69) is 0 Å². The van der Waals surface area contributed by atoms with Gasteiger partial charge in [0.05, 0.1) is 12.2 Å². The summed E-state index contributed by atoms with van der Waals surface area (Å²) in [6.07, 6.45) is 7.40. The molecule has 2 heteroatoms. The zero-order valence-electron chi connectivity index (χ0n) is 8.46. The molecule has 2 aliphatic rings. The van der Waals surface area contributed by atoms with Crippen LogP contribution in [0, 0.1) is 5.41 Å². The highest BCUT2D eigenvalue weighted by Gasteiger charge is 2.54. The summed E-state index contributed by atoms with van der Waals surface area (Å²) in [5, 5.41) is 9.84. The van der Waals surface area contributed by atoms with Crippen LogP contribution in [-0.4, -0.2) is 23.9 Å². The summed E-state index contributed by atoms with van der Waals surface area (Å²) in [5.41, 5.74) is 0.161. The summed E-state index contributed by atoms with van der Waals surface area (Å²) in [5.74, 6) is 0. The number of hydrogen-bond acceptors (Lipinski definition) is 2. The molecular weight excluding hydrogens is 164 g/mol. The maximum atomic E-state index is 9.84. The van der Waals surface area contributed by atoms with E-state index in [-0.39, 0.29) is 11.5 Å². The van der Waals surface area contributed by atoms with E-state index < -0.39 is 0 Å². The van der Waals surface area contributed by atoms with Gasteiger partial charge in [-0.2, -0.15) is 0 Å². The van der Waals surface area contributed by atoms with Crippen LogP contribution in [0.1, 0.15) is 45.4 Å². The van der Waals surface area contributed by atoms with Crippen LogP contribution in [0.15, 0.2) is 0 Å². The summed E-state index contributed by atoms with van der Waals surface area (Å²) >= 11 is 0. The summed E-state index contributed by atoms with van der Waals surface area (Å²) in [6.45, 7) is 2.83. The highest BCUT2D eigenvalue weighted by Crippen LogP contribution is 2.53. The number of ether oxygens (including phenoxy) is 1. The van der Waals surface area contributed by atoms with E-state index >= 15 is 0 Å². The van der Waals surface area contributed by atoms with E-state index in [4.69, 9.17) is 4.74 Å². The lowest BCUT2D eigenvalue weighted by molar-refractivity contribution is -0.204. The Morgan fingerprint density at radius 1 is 1.31 bits per heavy atom. The highest BCUT2D eigenvalue weighted by molar-refractivity contribution is 5.05. The normalized spacial score (nSPS) is 37.4. The second kappa shape index (κ2) is 3.58. The Balaban J connectivity index is 1.99. The Morgan fingerprint density at radius 2 is 2.00 bits per heavy atom. The van der Waals surface area contributed by atoms with Crippen LogP contribution in [0.5, 0.6) is 0 Å². The first-order valence-electron chi connectivity index (χ1n) is 5.59. The van der Waals surface area contributed by atoms with Gasteiger partial charge in [-0.1, -0.05) is 19.3 Å². The Labute approximate surface area is 80.3 Å². The van der Waals surface area contributed by atoms with Crippen molar-refractivity contribution in [3.8, 4) is 0 Å². The summed E-state index contributed by atoms with van der Waals surface area (Å²) < 4.78 is 5.68. The lowest BCUT2D eigenvalue weighted by Crippen LogP contribution is -2.58. The van der Waals surface area contributed by atoms with E-state index in [1.54, 1.807) is 0 Å². The van der Waals surface area contributed by atoms with Crippen molar-refractivity contribution in [2.24, 2.45) is 5.41 Å². The van der Waals surface area contributed by atoms with E-state index in [9.17, 15) is 5.11 Å². The van der Waals surface area contributed by atoms with Crippen LogP contribution in [0.25, 0.3) is 0 Å². The number of hydrogen-bond donors (Lipinski definition) is 1. The fourth-order valence-corrected chi connectivity index (χ4v) is 3.03. The molecule has 76 valence electrons. The average Bonchev–Trinajstić information content (AvgIpc) is 2.19. The van der Waals surface area contributed by atoms with Crippen molar-refractivity contribution < 1.29 is 9.84 Å². The largest absolute Gasteiger partial charge is 0.392 e. The molecule has 2 aliphatic carbocycles. The smallest absolute Gasteiger partial charge is 0.0680 e. The van der Waals surface area contributed by atoms with E-state index in [1.807, 2.05) is 6.92 Å². The molecule has 2 fully saturated rings. The molecule has 2 atom stereocenters. The Bertz CT molecular complexity index is 171. The first-order chi connectivity index (χ1) is 6.29. The number of aliphatic hydroxyl groups is 1. The molecule has 0 aliphatic heterocycles. The fraction of sp³-hybridized carbons (Fsp3) is 1.00. The third-order valence-electron chi connectivity index (χ3n) is 3.89. The number of aliphatic hydroxyl groups excluding tert-OH is 1. The molecule has 0 aromatic rings. The summed E-state index contributed by atoms with van der Waals surface area (Å²) in [4.78, 5) is 0. The maximum Gasteiger partial charge on any atom is 0.0680 e. The van der Waals surface area contributed by atoms with Gasteiger partial charge in [0.15, 0.2) is 0 Å². The molecule has 0 amide bonds. The van der Waals surface area contributed by atoms with Crippen LogP contribution >= 0.6 is 0 Å². The van der Waals surface area contributed by atoms with Gasteiger partial charge in [-0.25, -0.2) is 0 Å². The summed E-state index contributed by atoms with van der Waals surface area (Å²) in [6, 6.07) is 0. The van der Waals surface area contributed by atoms with Gasteiger partial charge in [-0.3, -0.25) is 0 Å². The molecule has 13 heavy (non-hydrogen) atoms. The molecular formula is C11H20O2. The fourth-order valence-electron chi connectivity index (χ4n) is 3.03. The molecule has 0 saturated heterocycles. The Hall–Kier alpha value is -0.0800. The zero-order chi connectivity index (χ0) is 9.31.